The first-order valence-corrected chi connectivity index (χ1v) is 7.46. The zero-order chi connectivity index (χ0) is 16.4. The number of fused-ring (bicyclic) bond motifs is 1. The van der Waals surface area contributed by atoms with Gasteiger partial charge in [0.1, 0.15) is 5.65 Å². The molecular formula is C18H15ClN2O2. The highest BCUT2D eigenvalue weighted by Gasteiger charge is 2.09. The van der Waals surface area contributed by atoms with E-state index in [9.17, 15) is 4.79 Å². The maximum absolute atomic E-state index is 11.4. The quantitative estimate of drug-likeness (QED) is 0.536. The minimum Gasteiger partial charge on any atom is -0.466 e. The van der Waals surface area contributed by atoms with Crippen LogP contribution in [0.5, 0.6) is 0 Å². The minimum atomic E-state index is -0.390. The molecule has 4 nitrogen and oxygen atoms in total. The van der Waals surface area contributed by atoms with Crippen molar-refractivity contribution in [2.75, 3.05) is 7.11 Å². The average Bonchev–Trinajstić information content (AvgIpc) is 2.95. The number of rotatable bonds is 3. The van der Waals surface area contributed by atoms with Crippen molar-refractivity contribution in [1.29, 1.82) is 0 Å². The molecule has 0 N–H and O–H groups in total. The Kier molecular flexibility index (Phi) is 4.17. The Hall–Kier alpha value is -2.59. The topological polar surface area (TPSA) is 43.6 Å². The molecule has 2 aromatic heterocycles. The van der Waals surface area contributed by atoms with Crippen molar-refractivity contribution in [2.45, 2.75) is 6.92 Å². The third kappa shape index (κ3) is 3.27. The Morgan fingerprint density at radius 1 is 1.30 bits per heavy atom. The summed E-state index contributed by atoms with van der Waals surface area (Å²) in [5.74, 6) is -0.390. The molecule has 0 saturated carbocycles. The first-order chi connectivity index (χ1) is 11.1. The number of pyridine rings is 1. The van der Waals surface area contributed by atoms with Crippen LogP contribution in [0, 0.1) is 6.92 Å². The second-order valence-electron chi connectivity index (χ2n) is 5.18. The Labute approximate surface area is 139 Å². The molecule has 0 unspecified atom stereocenters. The van der Waals surface area contributed by atoms with Crippen LogP contribution in [-0.2, 0) is 9.53 Å². The highest BCUT2D eigenvalue weighted by Crippen LogP contribution is 2.26. The van der Waals surface area contributed by atoms with Gasteiger partial charge in [0.2, 0.25) is 0 Å². The molecule has 2 heterocycles. The van der Waals surface area contributed by atoms with Crippen LogP contribution in [0.3, 0.4) is 0 Å². The van der Waals surface area contributed by atoms with E-state index < -0.39 is 0 Å². The van der Waals surface area contributed by atoms with E-state index in [0.29, 0.717) is 5.02 Å². The second-order valence-corrected chi connectivity index (χ2v) is 5.62. The molecule has 0 atom stereocenters. The smallest absolute Gasteiger partial charge is 0.330 e. The van der Waals surface area contributed by atoms with Crippen LogP contribution < -0.4 is 0 Å². The van der Waals surface area contributed by atoms with Gasteiger partial charge < -0.3 is 9.14 Å². The minimum absolute atomic E-state index is 0.390. The zero-order valence-electron chi connectivity index (χ0n) is 12.8. The molecule has 0 aliphatic heterocycles. The molecule has 1 aromatic carbocycles. The summed E-state index contributed by atoms with van der Waals surface area (Å²) in [5, 5.41) is 0.643. The van der Waals surface area contributed by atoms with Crippen LogP contribution in [0.15, 0.2) is 48.8 Å². The summed E-state index contributed by atoms with van der Waals surface area (Å²) in [6.45, 7) is 2.00. The van der Waals surface area contributed by atoms with E-state index in [1.54, 1.807) is 6.08 Å². The van der Waals surface area contributed by atoms with Crippen LogP contribution in [-0.4, -0.2) is 22.5 Å². The van der Waals surface area contributed by atoms with Gasteiger partial charge in [-0.05, 0) is 24.6 Å². The van der Waals surface area contributed by atoms with Crippen molar-refractivity contribution < 1.29 is 9.53 Å². The van der Waals surface area contributed by atoms with Crippen molar-refractivity contribution in [3.63, 3.8) is 0 Å². The summed E-state index contributed by atoms with van der Waals surface area (Å²) >= 11 is 6.01. The Bertz CT molecular complexity index is 913. The lowest BCUT2D eigenvalue weighted by Gasteiger charge is -2.04. The van der Waals surface area contributed by atoms with Crippen LogP contribution in [0.2, 0.25) is 5.02 Å². The molecule has 0 amide bonds. The van der Waals surface area contributed by atoms with Gasteiger partial charge in [-0.1, -0.05) is 35.4 Å². The number of esters is 1. The first-order valence-electron chi connectivity index (χ1n) is 7.08. The molecule has 0 aliphatic rings. The average molecular weight is 327 g/mol. The Balaban J connectivity index is 2.10. The third-order valence-corrected chi connectivity index (χ3v) is 3.74. The lowest BCUT2D eigenvalue weighted by atomic mass is 10.0. The molecule has 5 heteroatoms. The van der Waals surface area contributed by atoms with Crippen molar-refractivity contribution in [3.05, 3.63) is 65.0 Å². The molecule has 116 valence electrons. The molecular weight excluding hydrogens is 312 g/mol. The van der Waals surface area contributed by atoms with Gasteiger partial charge in [-0.15, -0.1) is 0 Å². The number of imidazole rings is 1. The fourth-order valence-corrected chi connectivity index (χ4v) is 2.52. The Morgan fingerprint density at radius 3 is 2.91 bits per heavy atom. The molecule has 3 aromatic rings. The summed E-state index contributed by atoms with van der Waals surface area (Å²) in [7, 11) is 1.36. The number of hydrogen-bond donors (Lipinski definition) is 0. The maximum Gasteiger partial charge on any atom is 0.330 e. The normalized spacial score (nSPS) is 11.3. The molecule has 0 saturated heterocycles. The number of ether oxygens (including phenoxy) is 1. The van der Waals surface area contributed by atoms with Crippen molar-refractivity contribution in [1.82, 2.24) is 9.38 Å². The molecule has 0 spiro atoms. The highest BCUT2D eigenvalue weighted by molar-refractivity contribution is 6.30. The van der Waals surface area contributed by atoms with Gasteiger partial charge in [0.05, 0.1) is 12.8 Å². The van der Waals surface area contributed by atoms with Crippen LogP contribution in [0.25, 0.3) is 23.0 Å². The highest BCUT2D eigenvalue weighted by atomic mass is 35.5. The molecule has 3 rings (SSSR count). The summed E-state index contributed by atoms with van der Waals surface area (Å²) in [4.78, 5) is 16.0. The second kappa shape index (κ2) is 6.26. The Morgan fingerprint density at radius 2 is 2.13 bits per heavy atom. The number of carbonyl (C=O) groups excluding carboxylic acids is 1. The summed E-state index contributed by atoms with van der Waals surface area (Å²) in [5.41, 5.74) is 4.54. The van der Waals surface area contributed by atoms with E-state index in [4.69, 9.17) is 11.6 Å². The van der Waals surface area contributed by atoms with Gasteiger partial charge in [-0.2, -0.15) is 0 Å². The third-order valence-electron chi connectivity index (χ3n) is 3.51. The molecule has 23 heavy (non-hydrogen) atoms. The summed E-state index contributed by atoms with van der Waals surface area (Å²) in [6, 6.07) is 9.64. The molecule has 0 aliphatic carbocycles. The lowest BCUT2D eigenvalue weighted by Crippen LogP contribution is -1.94. The number of halogens is 1. The molecule has 0 fully saturated rings. The fraction of sp³-hybridized carbons (Fsp3) is 0.111. The van der Waals surface area contributed by atoms with Gasteiger partial charge in [0.15, 0.2) is 0 Å². The van der Waals surface area contributed by atoms with Crippen LogP contribution in [0.4, 0.5) is 0 Å². The van der Waals surface area contributed by atoms with Gasteiger partial charge in [0, 0.05) is 35.1 Å². The van der Waals surface area contributed by atoms with E-state index in [0.717, 1.165) is 28.0 Å². The standard InChI is InChI=1S/C18H15ClN2O2/c1-12-3-5-15(13(9-12)4-6-18(22)23-2)16-11-21-8-7-14(19)10-17(21)20-16/h3-11H,1-2H3/b6-4+. The number of carbonyl (C=O) groups is 1. The van der Waals surface area contributed by atoms with Crippen molar-refractivity contribution >= 4 is 29.3 Å². The summed E-state index contributed by atoms with van der Waals surface area (Å²) < 4.78 is 6.56. The monoisotopic (exact) mass is 326 g/mol. The summed E-state index contributed by atoms with van der Waals surface area (Å²) in [6.07, 6.45) is 6.95. The molecule has 0 radical (unpaired) electrons. The van der Waals surface area contributed by atoms with Crippen LogP contribution in [0.1, 0.15) is 11.1 Å². The van der Waals surface area contributed by atoms with E-state index in [1.165, 1.54) is 13.2 Å². The van der Waals surface area contributed by atoms with E-state index >= 15 is 0 Å². The van der Waals surface area contributed by atoms with Gasteiger partial charge in [0.25, 0.3) is 0 Å². The van der Waals surface area contributed by atoms with E-state index in [2.05, 4.69) is 9.72 Å². The number of aromatic nitrogens is 2. The van der Waals surface area contributed by atoms with E-state index in [1.807, 2.05) is 54.0 Å². The van der Waals surface area contributed by atoms with Gasteiger partial charge in [-0.3, -0.25) is 0 Å². The first kappa shape index (κ1) is 15.3. The van der Waals surface area contributed by atoms with Gasteiger partial charge in [-0.25, -0.2) is 9.78 Å². The van der Waals surface area contributed by atoms with Gasteiger partial charge >= 0.3 is 5.97 Å². The van der Waals surface area contributed by atoms with Crippen molar-refractivity contribution in [3.8, 4) is 11.3 Å². The maximum atomic E-state index is 11.4. The number of nitrogens with zero attached hydrogens (tertiary/aromatic N) is 2. The number of benzene rings is 1. The number of methoxy groups -OCH3 is 1. The fourth-order valence-electron chi connectivity index (χ4n) is 2.37. The van der Waals surface area contributed by atoms with Crippen LogP contribution >= 0.6 is 11.6 Å². The lowest BCUT2D eigenvalue weighted by molar-refractivity contribution is -0.134. The zero-order valence-corrected chi connectivity index (χ0v) is 13.5. The predicted molar refractivity (Wildman–Crippen MR) is 91.4 cm³/mol. The van der Waals surface area contributed by atoms with Crippen molar-refractivity contribution in [2.24, 2.45) is 0 Å². The van der Waals surface area contributed by atoms with E-state index in [-0.39, 0.29) is 5.97 Å². The SMILES string of the molecule is COC(=O)/C=C/c1cc(C)ccc1-c1cn2ccc(Cl)cc2n1. The predicted octanol–water partition coefficient (Wildman–Crippen LogP) is 4.15. The molecule has 0 bridgehead atoms. The number of aryl methyl sites for hydroxylation is 1. The largest absolute Gasteiger partial charge is 0.466 e. The number of hydrogen-bond acceptors (Lipinski definition) is 3.